The number of imide groups is 1. The van der Waals surface area contributed by atoms with Gasteiger partial charge in [0.15, 0.2) is 0 Å². The molecule has 0 aromatic heterocycles. The fraction of sp³-hybridized carbons (Fsp3) is 0.609. The highest BCUT2D eigenvalue weighted by Crippen LogP contribution is 2.36. The highest BCUT2D eigenvalue weighted by Gasteiger charge is 2.52. The van der Waals surface area contributed by atoms with Gasteiger partial charge in [0.2, 0.25) is 5.91 Å². The lowest BCUT2D eigenvalue weighted by atomic mass is 9.77. The molecule has 4 amide bonds. The number of hydrogen-bond donors (Lipinski definition) is 2. The maximum atomic E-state index is 13.0. The van der Waals surface area contributed by atoms with E-state index in [1.54, 1.807) is 0 Å². The van der Waals surface area contributed by atoms with Gasteiger partial charge in [-0.2, -0.15) is 0 Å². The molecule has 2 aliphatic rings. The van der Waals surface area contributed by atoms with Gasteiger partial charge in [0.1, 0.15) is 12.1 Å². The normalized spacial score (nSPS) is 25.4. The van der Waals surface area contributed by atoms with E-state index in [-0.39, 0.29) is 30.3 Å². The van der Waals surface area contributed by atoms with Gasteiger partial charge in [-0.05, 0) is 55.1 Å². The Labute approximate surface area is 173 Å². The summed E-state index contributed by atoms with van der Waals surface area (Å²) in [6.45, 7) is 8.13. The number of nitrogens with one attached hydrogen (secondary N) is 2. The molecule has 1 spiro atoms. The van der Waals surface area contributed by atoms with Gasteiger partial charge < -0.3 is 10.6 Å². The average Bonchev–Trinajstić information content (AvgIpc) is 2.92. The smallest absolute Gasteiger partial charge is 0.325 e. The monoisotopic (exact) mass is 399 g/mol. The second-order valence-corrected chi connectivity index (χ2v) is 8.97. The first kappa shape index (κ1) is 21.3. The van der Waals surface area contributed by atoms with Crippen LogP contribution in [0.15, 0.2) is 24.3 Å². The van der Waals surface area contributed by atoms with E-state index in [0.717, 1.165) is 29.7 Å². The fourth-order valence-electron chi connectivity index (χ4n) is 4.37. The molecule has 1 aliphatic heterocycles. The third kappa shape index (κ3) is 4.46. The van der Waals surface area contributed by atoms with Crippen molar-refractivity contribution in [1.82, 2.24) is 15.5 Å². The molecule has 2 fully saturated rings. The molecule has 0 bridgehead atoms. The lowest BCUT2D eigenvalue weighted by Crippen LogP contribution is -2.50. The van der Waals surface area contributed by atoms with Crippen LogP contribution in [0.25, 0.3) is 0 Å². The molecule has 6 heteroatoms. The zero-order chi connectivity index (χ0) is 21.2. The number of hydrogen-bond acceptors (Lipinski definition) is 3. The van der Waals surface area contributed by atoms with Crippen LogP contribution in [0.5, 0.6) is 0 Å². The van der Waals surface area contributed by atoms with Crippen molar-refractivity contribution >= 4 is 17.8 Å². The second-order valence-electron chi connectivity index (χ2n) is 8.97. The Bertz CT molecular complexity index is 764. The van der Waals surface area contributed by atoms with Crippen molar-refractivity contribution in [3.8, 4) is 0 Å². The molecule has 0 radical (unpaired) electrons. The largest absolute Gasteiger partial charge is 0.347 e. The summed E-state index contributed by atoms with van der Waals surface area (Å²) in [6.07, 6.45) is 4.08. The number of carbonyl (C=O) groups is 3. The Kier molecular flexibility index (Phi) is 6.30. The van der Waals surface area contributed by atoms with E-state index in [9.17, 15) is 14.4 Å². The number of rotatable bonds is 6. The van der Waals surface area contributed by atoms with Crippen LogP contribution in [0.4, 0.5) is 4.79 Å². The third-order valence-corrected chi connectivity index (χ3v) is 6.41. The molecule has 1 heterocycles. The first-order valence-electron chi connectivity index (χ1n) is 10.8. The summed E-state index contributed by atoms with van der Waals surface area (Å²) in [6, 6.07) is 7.60. The van der Waals surface area contributed by atoms with Crippen LogP contribution >= 0.6 is 0 Å². The SMILES string of the molecule is CCc1ccc(C(NC(=O)CN2C(=O)NC3(CCC(C)CC3)C2=O)C(C)C)cc1. The zero-order valence-electron chi connectivity index (χ0n) is 18.0. The first-order valence-corrected chi connectivity index (χ1v) is 10.8. The minimum absolute atomic E-state index is 0.168. The summed E-state index contributed by atoms with van der Waals surface area (Å²) in [5.41, 5.74) is 1.46. The number of urea groups is 1. The maximum absolute atomic E-state index is 13.0. The molecule has 1 saturated carbocycles. The molecule has 158 valence electrons. The van der Waals surface area contributed by atoms with Crippen molar-refractivity contribution in [2.75, 3.05) is 6.54 Å². The lowest BCUT2D eigenvalue weighted by molar-refractivity contribution is -0.136. The highest BCUT2D eigenvalue weighted by atomic mass is 16.2. The molecule has 1 atom stereocenters. The van der Waals surface area contributed by atoms with Crippen LogP contribution in [-0.2, 0) is 16.0 Å². The Balaban J connectivity index is 1.66. The van der Waals surface area contributed by atoms with Gasteiger partial charge in [-0.3, -0.25) is 14.5 Å². The Hall–Kier alpha value is -2.37. The van der Waals surface area contributed by atoms with Gasteiger partial charge in [0, 0.05) is 0 Å². The summed E-state index contributed by atoms with van der Waals surface area (Å²) in [7, 11) is 0. The van der Waals surface area contributed by atoms with E-state index in [2.05, 4.69) is 36.6 Å². The van der Waals surface area contributed by atoms with E-state index < -0.39 is 11.6 Å². The summed E-state index contributed by atoms with van der Waals surface area (Å²) < 4.78 is 0. The highest BCUT2D eigenvalue weighted by molar-refractivity contribution is 6.09. The quantitative estimate of drug-likeness (QED) is 0.718. The molecule has 1 aromatic carbocycles. The topological polar surface area (TPSA) is 78.5 Å². The van der Waals surface area contributed by atoms with E-state index in [1.807, 2.05) is 26.0 Å². The summed E-state index contributed by atoms with van der Waals surface area (Å²) in [4.78, 5) is 39.2. The van der Waals surface area contributed by atoms with Crippen molar-refractivity contribution in [3.05, 3.63) is 35.4 Å². The average molecular weight is 400 g/mol. The number of benzene rings is 1. The van der Waals surface area contributed by atoms with Crippen LogP contribution in [-0.4, -0.2) is 34.8 Å². The van der Waals surface area contributed by atoms with Crippen LogP contribution in [0, 0.1) is 11.8 Å². The van der Waals surface area contributed by atoms with Gasteiger partial charge in [-0.25, -0.2) is 4.79 Å². The lowest BCUT2D eigenvalue weighted by Gasteiger charge is -2.33. The summed E-state index contributed by atoms with van der Waals surface area (Å²) in [5.74, 6) is 0.181. The molecule has 29 heavy (non-hydrogen) atoms. The summed E-state index contributed by atoms with van der Waals surface area (Å²) in [5, 5.41) is 5.90. The van der Waals surface area contributed by atoms with Crippen LogP contribution in [0.3, 0.4) is 0 Å². The number of aryl methyl sites for hydroxylation is 1. The van der Waals surface area contributed by atoms with Gasteiger partial charge in [0.05, 0.1) is 6.04 Å². The molecule has 6 nitrogen and oxygen atoms in total. The van der Waals surface area contributed by atoms with Crippen molar-refractivity contribution in [3.63, 3.8) is 0 Å². The number of carbonyl (C=O) groups excluding carboxylic acids is 3. The standard InChI is InChI=1S/C23H33N3O3/c1-5-17-6-8-18(9-7-17)20(15(2)3)24-19(27)14-26-21(28)23(25-22(26)29)12-10-16(4)11-13-23/h6-9,15-16,20H,5,10-14H2,1-4H3,(H,24,27)(H,25,29). The molecule has 1 aliphatic carbocycles. The van der Waals surface area contributed by atoms with E-state index in [0.29, 0.717) is 18.8 Å². The molecule has 2 N–H and O–H groups in total. The zero-order valence-corrected chi connectivity index (χ0v) is 18.0. The van der Waals surface area contributed by atoms with Crippen molar-refractivity contribution in [2.24, 2.45) is 11.8 Å². The number of nitrogens with zero attached hydrogens (tertiary/aromatic N) is 1. The molecule has 1 unspecified atom stereocenters. The Morgan fingerprint density at radius 2 is 1.83 bits per heavy atom. The molecular formula is C23H33N3O3. The Morgan fingerprint density at radius 1 is 1.21 bits per heavy atom. The Morgan fingerprint density at radius 3 is 2.38 bits per heavy atom. The maximum Gasteiger partial charge on any atom is 0.325 e. The van der Waals surface area contributed by atoms with Gasteiger partial charge >= 0.3 is 6.03 Å². The minimum atomic E-state index is -0.808. The predicted octanol–water partition coefficient (Wildman–Crippen LogP) is 3.56. The van der Waals surface area contributed by atoms with Crippen molar-refractivity contribution in [2.45, 2.75) is 71.4 Å². The van der Waals surface area contributed by atoms with Gasteiger partial charge in [-0.15, -0.1) is 0 Å². The molecular weight excluding hydrogens is 366 g/mol. The van der Waals surface area contributed by atoms with Crippen LogP contribution in [0.1, 0.15) is 70.5 Å². The van der Waals surface area contributed by atoms with Gasteiger partial charge in [-0.1, -0.05) is 52.0 Å². The second kappa shape index (κ2) is 8.56. The van der Waals surface area contributed by atoms with E-state index in [4.69, 9.17) is 0 Å². The number of amides is 4. The molecule has 1 aromatic rings. The predicted molar refractivity (Wildman–Crippen MR) is 112 cm³/mol. The molecule has 1 saturated heterocycles. The van der Waals surface area contributed by atoms with Gasteiger partial charge in [0.25, 0.3) is 5.91 Å². The van der Waals surface area contributed by atoms with Crippen molar-refractivity contribution < 1.29 is 14.4 Å². The van der Waals surface area contributed by atoms with Crippen molar-refractivity contribution in [1.29, 1.82) is 0 Å². The van der Waals surface area contributed by atoms with Crippen LogP contribution < -0.4 is 10.6 Å². The van der Waals surface area contributed by atoms with E-state index in [1.165, 1.54) is 5.56 Å². The van der Waals surface area contributed by atoms with E-state index >= 15 is 0 Å². The molecule has 3 rings (SSSR count). The first-order chi connectivity index (χ1) is 13.8. The minimum Gasteiger partial charge on any atom is -0.347 e. The fourth-order valence-corrected chi connectivity index (χ4v) is 4.37. The summed E-state index contributed by atoms with van der Waals surface area (Å²) >= 11 is 0. The van der Waals surface area contributed by atoms with Crippen LogP contribution in [0.2, 0.25) is 0 Å². The third-order valence-electron chi connectivity index (χ3n) is 6.41.